The number of carboxylic acid groups (broad SMARTS) is 2. The van der Waals surface area contributed by atoms with Crippen LogP contribution in [0.3, 0.4) is 0 Å². The molecule has 8 nitrogen and oxygen atoms in total. The molecule has 0 aliphatic rings. The van der Waals surface area contributed by atoms with Crippen LogP contribution in [-0.2, 0) is 19.2 Å². The summed E-state index contributed by atoms with van der Waals surface area (Å²) in [5.41, 5.74) is 0. The smallest absolute Gasteiger partial charge is 0.322 e. The lowest BCUT2D eigenvalue weighted by Gasteiger charge is -2.20. The van der Waals surface area contributed by atoms with Crippen LogP contribution >= 0.6 is 12.6 Å². The van der Waals surface area contributed by atoms with Gasteiger partial charge in [0.1, 0.15) is 18.9 Å². The lowest BCUT2D eigenvalue weighted by molar-refractivity contribution is -0.141. The van der Waals surface area contributed by atoms with E-state index in [1.165, 1.54) is 0 Å². The Labute approximate surface area is 115 Å². The van der Waals surface area contributed by atoms with E-state index >= 15 is 0 Å². The van der Waals surface area contributed by atoms with Gasteiger partial charge in [0, 0.05) is 12.2 Å². The largest absolute Gasteiger partial charge is 0.480 e. The van der Waals surface area contributed by atoms with Gasteiger partial charge in [-0.1, -0.05) is 0 Å². The highest BCUT2D eigenvalue weighted by molar-refractivity contribution is 7.80. The summed E-state index contributed by atoms with van der Waals surface area (Å²) in [6.07, 6.45) is 0.660. The van der Waals surface area contributed by atoms with Crippen LogP contribution in [0, 0.1) is 0 Å². The molecule has 9 heteroatoms. The van der Waals surface area contributed by atoms with Crippen molar-refractivity contribution in [2.45, 2.75) is 24.9 Å². The second kappa shape index (κ2) is 9.34. The van der Waals surface area contributed by atoms with Gasteiger partial charge in [0.2, 0.25) is 5.91 Å². The average molecular weight is 292 g/mol. The number of carboxylic acids is 2. The molecule has 19 heavy (non-hydrogen) atoms. The number of rotatable bonds is 10. The molecule has 2 atom stereocenters. The molecule has 0 aliphatic heterocycles. The second-order valence-electron chi connectivity index (χ2n) is 3.65. The van der Waals surface area contributed by atoms with E-state index in [0.717, 1.165) is 0 Å². The van der Waals surface area contributed by atoms with Crippen molar-refractivity contribution in [1.29, 1.82) is 0 Å². The van der Waals surface area contributed by atoms with Crippen molar-refractivity contribution in [2.24, 2.45) is 0 Å². The van der Waals surface area contributed by atoms with Crippen molar-refractivity contribution in [1.82, 2.24) is 10.6 Å². The van der Waals surface area contributed by atoms with E-state index in [1.807, 2.05) is 0 Å². The standard InChI is InChI=1S/C10H16N2O6S/c13-3-1-2-6(10(17)18)12-7(5-19)9(16)11-4-8(14)15/h3,6-7,12,19H,1-2,4-5H2,(H,11,16)(H,14,15)(H,17,18). The van der Waals surface area contributed by atoms with Gasteiger partial charge in [-0.15, -0.1) is 0 Å². The Morgan fingerprint density at radius 2 is 1.84 bits per heavy atom. The number of carbonyl (C=O) groups is 4. The molecule has 2 unspecified atom stereocenters. The Morgan fingerprint density at radius 1 is 1.21 bits per heavy atom. The molecule has 108 valence electrons. The summed E-state index contributed by atoms with van der Waals surface area (Å²) in [6, 6.07) is -2.02. The molecule has 0 aromatic heterocycles. The highest BCUT2D eigenvalue weighted by atomic mass is 32.1. The maximum atomic E-state index is 11.6. The molecule has 0 bridgehead atoms. The fourth-order valence-electron chi connectivity index (χ4n) is 1.25. The van der Waals surface area contributed by atoms with Crippen LogP contribution < -0.4 is 10.6 Å². The molecular weight excluding hydrogens is 276 g/mol. The first-order chi connectivity index (χ1) is 8.92. The third-order valence-corrected chi connectivity index (χ3v) is 2.55. The predicted molar refractivity (Wildman–Crippen MR) is 68.1 cm³/mol. The zero-order valence-corrected chi connectivity index (χ0v) is 10.9. The maximum Gasteiger partial charge on any atom is 0.322 e. The van der Waals surface area contributed by atoms with Gasteiger partial charge >= 0.3 is 11.9 Å². The van der Waals surface area contributed by atoms with Crippen LogP contribution in [0.4, 0.5) is 0 Å². The number of hydrogen-bond donors (Lipinski definition) is 5. The molecule has 0 saturated heterocycles. The summed E-state index contributed by atoms with van der Waals surface area (Å²) in [5, 5.41) is 22.0. The summed E-state index contributed by atoms with van der Waals surface area (Å²) in [7, 11) is 0. The van der Waals surface area contributed by atoms with Gasteiger partial charge in [-0.25, -0.2) is 0 Å². The molecule has 0 fully saturated rings. The van der Waals surface area contributed by atoms with Crippen LogP contribution in [0.1, 0.15) is 12.8 Å². The number of aliphatic carboxylic acids is 2. The lowest BCUT2D eigenvalue weighted by atomic mass is 10.1. The maximum absolute atomic E-state index is 11.6. The third kappa shape index (κ3) is 7.42. The van der Waals surface area contributed by atoms with Crippen LogP contribution in [0.5, 0.6) is 0 Å². The van der Waals surface area contributed by atoms with Crippen LogP contribution in [0.15, 0.2) is 0 Å². The first kappa shape index (κ1) is 17.4. The SMILES string of the molecule is O=CCCC(NC(CS)C(=O)NCC(=O)O)C(=O)O. The van der Waals surface area contributed by atoms with E-state index < -0.39 is 36.5 Å². The molecule has 0 spiro atoms. The van der Waals surface area contributed by atoms with Crippen molar-refractivity contribution in [3.63, 3.8) is 0 Å². The van der Waals surface area contributed by atoms with Gasteiger partial charge in [0.15, 0.2) is 0 Å². The molecule has 0 rings (SSSR count). The molecular formula is C10H16N2O6S. The molecule has 0 aliphatic carbocycles. The average Bonchev–Trinajstić information content (AvgIpc) is 2.35. The summed E-state index contributed by atoms with van der Waals surface area (Å²) in [4.78, 5) is 43.0. The molecule has 1 amide bonds. The number of thiol groups is 1. The van der Waals surface area contributed by atoms with Crippen molar-refractivity contribution < 1.29 is 29.4 Å². The summed E-state index contributed by atoms with van der Waals surface area (Å²) in [5.74, 6) is -3.06. The Hall–Kier alpha value is -1.61. The topological polar surface area (TPSA) is 133 Å². The Bertz CT molecular complexity index is 349. The molecule has 0 radical (unpaired) electrons. The van der Waals surface area contributed by atoms with E-state index in [9.17, 15) is 19.2 Å². The summed E-state index contributed by atoms with van der Waals surface area (Å²) < 4.78 is 0. The van der Waals surface area contributed by atoms with E-state index in [-0.39, 0.29) is 18.6 Å². The number of carbonyl (C=O) groups excluding carboxylic acids is 2. The Morgan fingerprint density at radius 3 is 2.26 bits per heavy atom. The van der Waals surface area contributed by atoms with Crippen molar-refractivity contribution in [3.05, 3.63) is 0 Å². The zero-order chi connectivity index (χ0) is 14.8. The zero-order valence-electron chi connectivity index (χ0n) is 10.0. The highest BCUT2D eigenvalue weighted by Crippen LogP contribution is 2.00. The van der Waals surface area contributed by atoms with Crippen LogP contribution in [0.25, 0.3) is 0 Å². The monoisotopic (exact) mass is 292 g/mol. The number of hydrogen-bond acceptors (Lipinski definition) is 6. The van der Waals surface area contributed by atoms with Gasteiger partial charge in [0.05, 0.1) is 6.04 Å². The highest BCUT2D eigenvalue weighted by Gasteiger charge is 2.25. The molecule has 0 saturated carbocycles. The molecule has 0 aromatic rings. The van der Waals surface area contributed by atoms with Crippen LogP contribution in [0.2, 0.25) is 0 Å². The summed E-state index contributed by atoms with van der Waals surface area (Å²) >= 11 is 3.90. The van der Waals surface area contributed by atoms with Crippen molar-refractivity contribution in [2.75, 3.05) is 12.3 Å². The van der Waals surface area contributed by atoms with Crippen molar-refractivity contribution >= 4 is 36.8 Å². The lowest BCUT2D eigenvalue weighted by Crippen LogP contribution is -2.52. The molecule has 0 aromatic carbocycles. The summed E-state index contributed by atoms with van der Waals surface area (Å²) in [6.45, 7) is -0.559. The van der Waals surface area contributed by atoms with Crippen LogP contribution in [-0.4, -0.2) is 58.7 Å². The van der Waals surface area contributed by atoms with E-state index in [2.05, 4.69) is 23.3 Å². The number of aldehydes is 1. The van der Waals surface area contributed by atoms with Gasteiger partial charge < -0.3 is 20.3 Å². The third-order valence-electron chi connectivity index (χ3n) is 2.19. The Kier molecular flexibility index (Phi) is 8.55. The molecule has 4 N–H and O–H groups in total. The Balaban J connectivity index is 4.48. The van der Waals surface area contributed by atoms with Gasteiger partial charge in [-0.3, -0.25) is 19.7 Å². The van der Waals surface area contributed by atoms with E-state index in [1.54, 1.807) is 0 Å². The quantitative estimate of drug-likeness (QED) is 0.245. The van der Waals surface area contributed by atoms with E-state index in [0.29, 0.717) is 6.29 Å². The fraction of sp³-hybridized carbons (Fsp3) is 0.600. The second-order valence-corrected chi connectivity index (χ2v) is 4.01. The van der Waals surface area contributed by atoms with E-state index in [4.69, 9.17) is 10.2 Å². The first-order valence-corrected chi connectivity index (χ1v) is 6.08. The van der Waals surface area contributed by atoms with Gasteiger partial charge in [-0.2, -0.15) is 12.6 Å². The minimum Gasteiger partial charge on any atom is -0.480 e. The molecule has 0 heterocycles. The number of amides is 1. The number of nitrogens with one attached hydrogen (secondary N) is 2. The minimum absolute atomic E-state index is 0.00365. The van der Waals surface area contributed by atoms with Gasteiger partial charge in [-0.05, 0) is 6.42 Å². The normalized spacial score (nSPS) is 13.3. The van der Waals surface area contributed by atoms with Crippen molar-refractivity contribution in [3.8, 4) is 0 Å². The fourth-order valence-corrected chi connectivity index (χ4v) is 1.52. The predicted octanol–water partition coefficient (Wildman–Crippen LogP) is -1.49. The first-order valence-electron chi connectivity index (χ1n) is 5.45. The van der Waals surface area contributed by atoms with Gasteiger partial charge in [0.25, 0.3) is 0 Å². The minimum atomic E-state index is -1.21.